The summed E-state index contributed by atoms with van der Waals surface area (Å²) in [4.78, 5) is 11.5. The summed E-state index contributed by atoms with van der Waals surface area (Å²) < 4.78 is 5.72. The Morgan fingerprint density at radius 3 is 2.22 bits per heavy atom. The highest BCUT2D eigenvalue weighted by Crippen LogP contribution is 2.61. The van der Waals surface area contributed by atoms with Crippen LogP contribution in [0.1, 0.15) is 46.0 Å². The Balaban J connectivity index is 2.06. The van der Waals surface area contributed by atoms with Gasteiger partial charge in [0.05, 0.1) is 5.54 Å². The van der Waals surface area contributed by atoms with Crippen molar-refractivity contribution in [2.45, 2.75) is 57.1 Å². The van der Waals surface area contributed by atoms with E-state index in [-0.39, 0.29) is 5.97 Å². The lowest BCUT2D eigenvalue weighted by Crippen LogP contribution is -2.77. The highest BCUT2D eigenvalue weighted by molar-refractivity contribution is 5.91. The molecule has 0 aromatic heterocycles. The van der Waals surface area contributed by atoms with E-state index in [9.17, 15) is 4.79 Å². The van der Waals surface area contributed by atoms with E-state index in [0.717, 1.165) is 25.7 Å². The summed E-state index contributed by atoms with van der Waals surface area (Å²) in [5, 5.41) is 8.12. The third-order valence-corrected chi connectivity index (χ3v) is 5.50. The van der Waals surface area contributed by atoms with E-state index in [1.54, 1.807) is 6.92 Å². The summed E-state index contributed by atoms with van der Waals surface area (Å²) in [6.45, 7) is 3.23. The molecule has 100 valence electrons. The Bertz CT molecular complexity index is 406. The molecule has 0 aromatic carbocycles. The fourth-order valence-corrected chi connectivity index (χ4v) is 5.09. The van der Waals surface area contributed by atoms with Gasteiger partial charge in [0.15, 0.2) is 0 Å². The zero-order chi connectivity index (χ0) is 13.1. The van der Waals surface area contributed by atoms with E-state index in [2.05, 4.69) is 0 Å². The minimum atomic E-state index is -0.730. The molecule has 0 aliphatic heterocycles. The molecule has 4 heteroatoms. The van der Waals surface area contributed by atoms with Gasteiger partial charge in [-0.1, -0.05) is 0 Å². The predicted molar refractivity (Wildman–Crippen MR) is 68.4 cm³/mol. The van der Waals surface area contributed by atoms with Gasteiger partial charge >= 0.3 is 5.97 Å². The standard InChI is InChI=1S/C14H22N2O2/c1-8(15)14(16)12-4-10-3-11(5-12)7-13(14,6-10)18-9(2)17/h10-12,15H,3-7,16H2,1-2H3. The lowest BCUT2D eigenvalue weighted by Gasteiger charge is -2.64. The van der Waals surface area contributed by atoms with Crippen LogP contribution in [0.3, 0.4) is 0 Å². The van der Waals surface area contributed by atoms with Crippen molar-refractivity contribution in [3.63, 3.8) is 0 Å². The predicted octanol–water partition coefficient (Wildman–Crippen LogP) is 1.87. The third-order valence-electron chi connectivity index (χ3n) is 5.50. The Hall–Kier alpha value is -0.900. The molecule has 4 nitrogen and oxygen atoms in total. The van der Waals surface area contributed by atoms with Gasteiger partial charge in [0.2, 0.25) is 0 Å². The zero-order valence-corrected chi connectivity index (χ0v) is 11.2. The Morgan fingerprint density at radius 2 is 1.78 bits per heavy atom. The zero-order valence-electron chi connectivity index (χ0n) is 11.2. The summed E-state index contributed by atoms with van der Waals surface area (Å²) in [7, 11) is 0. The van der Waals surface area contributed by atoms with Gasteiger partial charge in [0, 0.05) is 12.6 Å². The second-order valence-corrected chi connectivity index (χ2v) is 6.63. The molecule has 4 aliphatic carbocycles. The summed E-state index contributed by atoms with van der Waals surface area (Å²) in [6, 6.07) is 0. The topological polar surface area (TPSA) is 76.2 Å². The minimum Gasteiger partial charge on any atom is -0.457 e. The first kappa shape index (κ1) is 12.2. The van der Waals surface area contributed by atoms with Gasteiger partial charge in [0.25, 0.3) is 0 Å². The number of hydrogen-bond donors (Lipinski definition) is 2. The first-order valence-electron chi connectivity index (χ1n) is 6.91. The molecule has 3 N–H and O–H groups in total. The average Bonchev–Trinajstić information content (AvgIpc) is 2.23. The Labute approximate surface area is 108 Å². The highest BCUT2D eigenvalue weighted by Gasteiger charge is 2.67. The normalized spacial score (nSPS) is 49.2. The van der Waals surface area contributed by atoms with Crippen LogP contribution in [0.2, 0.25) is 0 Å². The number of esters is 1. The first-order chi connectivity index (χ1) is 8.37. The van der Waals surface area contributed by atoms with Crippen LogP contribution in [0.5, 0.6) is 0 Å². The lowest BCUT2D eigenvalue weighted by atomic mass is 9.45. The fraction of sp³-hybridized carbons (Fsp3) is 0.857. The molecule has 4 saturated carbocycles. The quantitative estimate of drug-likeness (QED) is 0.580. The summed E-state index contributed by atoms with van der Waals surface area (Å²) >= 11 is 0. The van der Waals surface area contributed by atoms with E-state index in [4.69, 9.17) is 15.9 Å². The van der Waals surface area contributed by atoms with Crippen LogP contribution < -0.4 is 5.73 Å². The van der Waals surface area contributed by atoms with Gasteiger partial charge in [-0.3, -0.25) is 4.79 Å². The minimum absolute atomic E-state index is 0.256. The number of nitrogens with two attached hydrogens (primary N) is 1. The highest BCUT2D eigenvalue weighted by atomic mass is 16.6. The molecule has 3 atom stereocenters. The molecule has 0 saturated heterocycles. The number of carbonyl (C=O) groups excluding carboxylic acids is 1. The second kappa shape index (κ2) is 3.56. The Kier molecular flexibility index (Phi) is 2.40. The van der Waals surface area contributed by atoms with Crippen LogP contribution in [0.4, 0.5) is 0 Å². The maximum absolute atomic E-state index is 11.5. The monoisotopic (exact) mass is 250 g/mol. The van der Waals surface area contributed by atoms with Crippen LogP contribution >= 0.6 is 0 Å². The van der Waals surface area contributed by atoms with Crippen LogP contribution in [0, 0.1) is 23.2 Å². The fourth-order valence-electron chi connectivity index (χ4n) is 5.09. The Morgan fingerprint density at radius 1 is 1.22 bits per heavy atom. The van der Waals surface area contributed by atoms with E-state index >= 15 is 0 Å². The van der Waals surface area contributed by atoms with Crippen LogP contribution in [0.15, 0.2) is 0 Å². The lowest BCUT2D eigenvalue weighted by molar-refractivity contribution is -0.200. The molecule has 18 heavy (non-hydrogen) atoms. The average molecular weight is 250 g/mol. The van der Waals surface area contributed by atoms with E-state index in [1.807, 2.05) is 0 Å². The van der Waals surface area contributed by atoms with Crippen molar-refractivity contribution in [1.29, 1.82) is 5.41 Å². The van der Waals surface area contributed by atoms with E-state index in [0.29, 0.717) is 23.5 Å². The van der Waals surface area contributed by atoms with Gasteiger partial charge < -0.3 is 15.9 Å². The molecule has 4 aliphatic rings. The largest absolute Gasteiger partial charge is 0.457 e. The van der Waals surface area contributed by atoms with Gasteiger partial charge in [-0.25, -0.2) is 0 Å². The molecule has 0 heterocycles. The van der Waals surface area contributed by atoms with Gasteiger partial charge in [0.1, 0.15) is 5.60 Å². The van der Waals surface area contributed by atoms with Crippen molar-refractivity contribution in [3.05, 3.63) is 0 Å². The molecule has 0 spiro atoms. The maximum Gasteiger partial charge on any atom is 0.303 e. The molecular weight excluding hydrogens is 228 g/mol. The molecule has 4 fully saturated rings. The van der Waals surface area contributed by atoms with Crippen molar-refractivity contribution in [3.8, 4) is 0 Å². The molecule has 0 amide bonds. The molecule has 4 bridgehead atoms. The first-order valence-corrected chi connectivity index (χ1v) is 6.91. The molecular formula is C14H22N2O2. The maximum atomic E-state index is 11.5. The van der Waals surface area contributed by atoms with Crippen LogP contribution in [-0.2, 0) is 9.53 Å². The number of carbonyl (C=O) groups is 1. The van der Waals surface area contributed by atoms with Crippen molar-refractivity contribution in [1.82, 2.24) is 0 Å². The van der Waals surface area contributed by atoms with Crippen LogP contribution in [0.25, 0.3) is 0 Å². The number of nitrogens with one attached hydrogen (secondary N) is 1. The molecule has 0 aromatic rings. The second-order valence-electron chi connectivity index (χ2n) is 6.63. The number of hydrogen-bond acceptors (Lipinski definition) is 4. The van der Waals surface area contributed by atoms with E-state index in [1.165, 1.54) is 13.3 Å². The summed E-state index contributed by atoms with van der Waals surface area (Å²) in [6.07, 6.45) is 5.17. The summed E-state index contributed by atoms with van der Waals surface area (Å²) in [5.74, 6) is 1.34. The van der Waals surface area contributed by atoms with Crippen molar-refractivity contribution >= 4 is 11.7 Å². The SMILES string of the molecule is CC(=N)C1(N)C2CC3CC(C2)CC1(OC(C)=O)C3. The molecule has 0 radical (unpaired) electrons. The van der Waals surface area contributed by atoms with Crippen molar-refractivity contribution < 1.29 is 9.53 Å². The van der Waals surface area contributed by atoms with Gasteiger partial charge in [-0.2, -0.15) is 0 Å². The van der Waals surface area contributed by atoms with Gasteiger partial charge in [-0.15, -0.1) is 0 Å². The molecule has 4 rings (SSSR count). The molecule has 3 unspecified atom stereocenters. The van der Waals surface area contributed by atoms with Crippen LogP contribution in [-0.4, -0.2) is 22.8 Å². The van der Waals surface area contributed by atoms with E-state index < -0.39 is 11.1 Å². The van der Waals surface area contributed by atoms with Crippen molar-refractivity contribution in [2.24, 2.45) is 23.5 Å². The number of rotatable bonds is 2. The van der Waals surface area contributed by atoms with Gasteiger partial charge in [-0.05, 0) is 56.8 Å². The smallest absolute Gasteiger partial charge is 0.303 e. The summed E-state index contributed by atoms with van der Waals surface area (Å²) in [5.41, 5.74) is 5.77. The van der Waals surface area contributed by atoms with Crippen molar-refractivity contribution in [2.75, 3.05) is 0 Å². The number of ether oxygens (including phenoxy) is 1. The third kappa shape index (κ3) is 1.35.